The van der Waals surface area contributed by atoms with Gasteiger partial charge in [0.1, 0.15) is 0 Å². The molecule has 1 fully saturated rings. The monoisotopic (exact) mass is 192 g/mol. The van der Waals surface area contributed by atoms with Crippen LogP contribution < -0.4 is 0 Å². The maximum absolute atomic E-state index is 9.49. The number of benzene rings is 1. The molecule has 76 valence electrons. The van der Waals surface area contributed by atoms with E-state index in [1.54, 1.807) is 0 Å². The predicted octanol–water partition coefficient (Wildman–Crippen LogP) is 2.49. The van der Waals surface area contributed by atoms with E-state index >= 15 is 0 Å². The molecule has 1 heterocycles. The van der Waals surface area contributed by atoms with Gasteiger partial charge in [-0.1, -0.05) is 37.3 Å². The first kappa shape index (κ1) is 9.69. The Kier molecular flexibility index (Phi) is 2.85. The Labute approximate surface area is 84.5 Å². The number of aliphatic hydroxyl groups excluding tert-OH is 1. The van der Waals surface area contributed by atoms with Crippen LogP contribution >= 0.6 is 0 Å². The minimum absolute atomic E-state index is 0.0648. The number of aliphatic hydroxyl groups is 1. The van der Waals surface area contributed by atoms with Crippen molar-refractivity contribution in [1.29, 1.82) is 0 Å². The van der Waals surface area contributed by atoms with E-state index in [9.17, 15) is 5.11 Å². The molecule has 0 spiro atoms. The first-order valence-electron chi connectivity index (χ1n) is 5.14. The molecule has 0 aromatic heterocycles. The van der Waals surface area contributed by atoms with Gasteiger partial charge in [0.2, 0.25) is 0 Å². The Morgan fingerprint density at radius 1 is 1.21 bits per heavy atom. The van der Waals surface area contributed by atoms with Crippen molar-refractivity contribution in [2.75, 3.05) is 0 Å². The standard InChI is InChI=1S/C12H16O2/c1-9-7-11(14-12(13)8-9)10-5-3-2-4-6-10/h2-6,9,11-13H,7-8H2,1H3/t9-,11+,12?/m1/s1. The van der Waals surface area contributed by atoms with Crippen LogP contribution in [0.4, 0.5) is 0 Å². The molecule has 1 aromatic carbocycles. The van der Waals surface area contributed by atoms with Gasteiger partial charge in [0.05, 0.1) is 6.10 Å². The first-order valence-corrected chi connectivity index (χ1v) is 5.14. The summed E-state index contributed by atoms with van der Waals surface area (Å²) >= 11 is 0. The molecule has 14 heavy (non-hydrogen) atoms. The third kappa shape index (κ3) is 2.14. The van der Waals surface area contributed by atoms with E-state index < -0.39 is 6.29 Å². The lowest BCUT2D eigenvalue weighted by atomic mass is 9.93. The van der Waals surface area contributed by atoms with Crippen molar-refractivity contribution in [3.05, 3.63) is 35.9 Å². The van der Waals surface area contributed by atoms with Gasteiger partial charge in [-0.25, -0.2) is 0 Å². The highest BCUT2D eigenvalue weighted by Crippen LogP contribution is 2.33. The van der Waals surface area contributed by atoms with Crippen LogP contribution in [0.5, 0.6) is 0 Å². The summed E-state index contributed by atoms with van der Waals surface area (Å²) in [5, 5.41) is 9.49. The van der Waals surface area contributed by atoms with E-state index in [4.69, 9.17) is 4.74 Å². The lowest BCUT2D eigenvalue weighted by molar-refractivity contribution is -0.177. The number of ether oxygens (including phenoxy) is 1. The molecule has 1 N–H and O–H groups in total. The maximum Gasteiger partial charge on any atom is 0.155 e. The van der Waals surface area contributed by atoms with Crippen LogP contribution in [0.25, 0.3) is 0 Å². The molecule has 1 aliphatic heterocycles. The Morgan fingerprint density at radius 3 is 2.57 bits per heavy atom. The van der Waals surface area contributed by atoms with E-state index in [2.05, 4.69) is 19.1 Å². The van der Waals surface area contributed by atoms with Crippen molar-refractivity contribution >= 4 is 0 Å². The summed E-state index contributed by atoms with van der Waals surface area (Å²) in [4.78, 5) is 0. The SMILES string of the molecule is C[C@H]1CC(O)O[C@H](c2ccccc2)C1. The fourth-order valence-corrected chi connectivity index (χ4v) is 1.99. The highest BCUT2D eigenvalue weighted by Gasteiger charge is 2.26. The first-order chi connectivity index (χ1) is 6.75. The van der Waals surface area contributed by atoms with E-state index in [-0.39, 0.29) is 6.10 Å². The van der Waals surface area contributed by atoms with Crippen LogP contribution in [0.1, 0.15) is 31.4 Å². The average Bonchev–Trinajstić information content (AvgIpc) is 2.18. The van der Waals surface area contributed by atoms with Gasteiger partial charge in [0, 0.05) is 6.42 Å². The highest BCUT2D eigenvalue weighted by atomic mass is 16.6. The summed E-state index contributed by atoms with van der Waals surface area (Å²) in [5.41, 5.74) is 1.16. The van der Waals surface area contributed by atoms with Gasteiger partial charge in [0.25, 0.3) is 0 Å². The van der Waals surface area contributed by atoms with Crippen LogP contribution in [0.15, 0.2) is 30.3 Å². The molecular formula is C12H16O2. The van der Waals surface area contributed by atoms with Crippen molar-refractivity contribution in [3.8, 4) is 0 Å². The molecule has 0 saturated carbocycles. The van der Waals surface area contributed by atoms with Gasteiger partial charge in [-0.2, -0.15) is 0 Å². The average molecular weight is 192 g/mol. The third-order valence-electron chi connectivity index (χ3n) is 2.71. The molecule has 3 atom stereocenters. The summed E-state index contributed by atoms with van der Waals surface area (Å²) < 4.78 is 5.50. The Balaban J connectivity index is 2.11. The van der Waals surface area contributed by atoms with Crippen molar-refractivity contribution in [3.63, 3.8) is 0 Å². The van der Waals surface area contributed by atoms with Crippen molar-refractivity contribution in [2.45, 2.75) is 32.2 Å². The Hall–Kier alpha value is -0.860. The van der Waals surface area contributed by atoms with E-state index in [0.29, 0.717) is 5.92 Å². The van der Waals surface area contributed by atoms with Gasteiger partial charge < -0.3 is 9.84 Å². The number of hydrogen-bond donors (Lipinski definition) is 1. The van der Waals surface area contributed by atoms with Gasteiger partial charge in [-0.15, -0.1) is 0 Å². The van der Waals surface area contributed by atoms with E-state index in [1.807, 2.05) is 18.2 Å². The Morgan fingerprint density at radius 2 is 1.93 bits per heavy atom. The van der Waals surface area contributed by atoms with Crippen LogP contribution in [0.2, 0.25) is 0 Å². The van der Waals surface area contributed by atoms with Gasteiger partial charge in [-0.3, -0.25) is 0 Å². The molecule has 0 amide bonds. The summed E-state index contributed by atoms with van der Waals surface area (Å²) in [5.74, 6) is 0.531. The molecule has 0 aliphatic carbocycles. The zero-order valence-electron chi connectivity index (χ0n) is 8.39. The molecule has 2 heteroatoms. The molecule has 1 aromatic rings. The second kappa shape index (κ2) is 4.11. The van der Waals surface area contributed by atoms with Crippen molar-refractivity contribution in [1.82, 2.24) is 0 Å². The van der Waals surface area contributed by atoms with Crippen molar-refractivity contribution < 1.29 is 9.84 Å². The third-order valence-corrected chi connectivity index (χ3v) is 2.71. The fourth-order valence-electron chi connectivity index (χ4n) is 1.99. The number of rotatable bonds is 1. The van der Waals surface area contributed by atoms with Gasteiger partial charge >= 0.3 is 0 Å². The number of hydrogen-bond acceptors (Lipinski definition) is 2. The van der Waals surface area contributed by atoms with E-state index in [1.165, 1.54) is 0 Å². The lowest BCUT2D eigenvalue weighted by Crippen LogP contribution is -2.26. The molecule has 2 rings (SSSR count). The lowest BCUT2D eigenvalue weighted by Gasteiger charge is -2.31. The largest absolute Gasteiger partial charge is 0.368 e. The minimum Gasteiger partial charge on any atom is -0.368 e. The zero-order valence-corrected chi connectivity index (χ0v) is 8.39. The van der Waals surface area contributed by atoms with Crippen LogP contribution in [0.3, 0.4) is 0 Å². The normalized spacial score (nSPS) is 32.9. The van der Waals surface area contributed by atoms with Gasteiger partial charge in [0.15, 0.2) is 6.29 Å². The molecule has 2 nitrogen and oxygen atoms in total. The Bertz CT molecular complexity index is 274. The maximum atomic E-state index is 9.49. The molecule has 0 bridgehead atoms. The summed E-state index contributed by atoms with van der Waals surface area (Å²) in [6.07, 6.45) is 1.23. The summed E-state index contributed by atoms with van der Waals surface area (Å²) in [6, 6.07) is 10.1. The van der Waals surface area contributed by atoms with Crippen LogP contribution in [-0.4, -0.2) is 11.4 Å². The molecular weight excluding hydrogens is 176 g/mol. The predicted molar refractivity (Wildman–Crippen MR) is 54.7 cm³/mol. The van der Waals surface area contributed by atoms with Gasteiger partial charge in [-0.05, 0) is 17.9 Å². The van der Waals surface area contributed by atoms with Crippen LogP contribution in [0, 0.1) is 5.92 Å². The van der Waals surface area contributed by atoms with E-state index in [0.717, 1.165) is 18.4 Å². The van der Waals surface area contributed by atoms with Crippen LogP contribution in [-0.2, 0) is 4.74 Å². The molecule has 1 aliphatic rings. The minimum atomic E-state index is -0.594. The zero-order chi connectivity index (χ0) is 9.97. The summed E-state index contributed by atoms with van der Waals surface area (Å²) in [7, 11) is 0. The second-order valence-corrected chi connectivity index (χ2v) is 4.07. The molecule has 1 unspecified atom stereocenters. The molecule has 0 radical (unpaired) electrons. The summed E-state index contributed by atoms with van der Waals surface area (Å²) in [6.45, 7) is 2.15. The highest BCUT2D eigenvalue weighted by molar-refractivity contribution is 5.17. The fraction of sp³-hybridized carbons (Fsp3) is 0.500. The molecule has 1 saturated heterocycles. The van der Waals surface area contributed by atoms with Crippen molar-refractivity contribution in [2.24, 2.45) is 5.92 Å². The second-order valence-electron chi connectivity index (χ2n) is 4.07. The topological polar surface area (TPSA) is 29.5 Å². The quantitative estimate of drug-likeness (QED) is 0.740. The smallest absolute Gasteiger partial charge is 0.155 e.